The number of carboxylic acids is 1. The van der Waals surface area contributed by atoms with Crippen LogP contribution in [-0.4, -0.2) is 66.5 Å². The molecular weight excluding hydrogens is 543 g/mol. The number of hydrogen-bond donors (Lipinski definition) is 3. The number of carbonyl (C=O) groups excluding carboxylic acids is 1. The van der Waals surface area contributed by atoms with Crippen LogP contribution in [0.4, 0.5) is 24.8 Å². The van der Waals surface area contributed by atoms with Gasteiger partial charge in [0, 0.05) is 42.8 Å². The zero-order valence-corrected chi connectivity index (χ0v) is 22.0. The summed E-state index contributed by atoms with van der Waals surface area (Å²) in [6.07, 6.45) is -0.949. The van der Waals surface area contributed by atoms with Gasteiger partial charge in [0.15, 0.2) is 0 Å². The number of nitrogens with two attached hydrogens (primary N) is 1. The Kier molecular flexibility index (Phi) is 7.13. The number of fused-ring (bicyclic) bond motifs is 1. The number of halogens is 3. The van der Waals surface area contributed by atoms with Gasteiger partial charge in [0.1, 0.15) is 40.3 Å². The Balaban J connectivity index is 1.43. The number of rotatable bonds is 6. The van der Waals surface area contributed by atoms with Crippen molar-refractivity contribution >= 4 is 29.0 Å². The maximum Gasteiger partial charge on any atom is 0.416 e. The number of imidazole rings is 1. The second-order valence-electron chi connectivity index (χ2n) is 9.98. The summed E-state index contributed by atoms with van der Waals surface area (Å²) in [7, 11) is 0. The molecular formula is C27H26F3N7O4. The van der Waals surface area contributed by atoms with Gasteiger partial charge in [-0.15, -0.1) is 0 Å². The summed E-state index contributed by atoms with van der Waals surface area (Å²) in [5.41, 5.74) is 5.94. The fourth-order valence-corrected chi connectivity index (χ4v) is 4.61. The standard InChI is InChI=1S/C27H26F3N7O4/c1-26(2,25(39)40)36-11-12-41-18(14-36)23-35-20(21-22(31)33-9-10-37(21)23)15-3-5-16(6-4-15)24(38)34-19-13-17(7-8-32-19)27(28,29)30/h3-10,13,18H,11-12,14H2,1-2H3,(H2,31,33)(H,39,40)(H,32,34,38)/t18-/m1/s1. The van der Waals surface area contributed by atoms with Gasteiger partial charge in [-0.2, -0.15) is 13.2 Å². The molecule has 4 N–H and O–H groups in total. The van der Waals surface area contributed by atoms with Crippen molar-refractivity contribution in [3.63, 3.8) is 0 Å². The summed E-state index contributed by atoms with van der Waals surface area (Å²) in [5, 5.41) is 12.1. The van der Waals surface area contributed by atoms with Crippen molar-refractivity contribution in [3.05, 3.63) is 71.9 Å². The number of hydrogen-bond acceptors (Lipinski definition) is 8. The average molecular weight is 570 g/mol. The second-order valence-corrected chi connectivity index (χ2v) is 9.98. The van der Waals surface area contributed by atoms with E-state index in [-0.39, 0.29) is 23.7 Å². The molecule has 1 saturated heterocycles. The molecule has 0 unspecified atom stereocenters. The van der Waals surface area contributed by atoms with E-state index in [1.54, 1.807) is 36.6 Å². The SMILES string of the molecule is CC(C)(C(=O)O)N1CCO[C@@H](c2nc(-c3ccc(C(=O)Nc4cc(C(F)(F)F)ccn4)cc3)c3c(N)nccn23)C1. The largest absolute Gasteiger partial charge is 0.480 e. The normalized spacial score (nSPS) is 16.6. The lowest BCUT2D eigenvalue weighted by molar-refractivity contribution is -0.155. The summed E-state index contributed by atoms with van der Waals surface area (Å²) in [6.45, 7) is 4.29. The molecule has 214 valence electrons. The van der Waals surface area contributed by atoms with E-state index in [0.717, 1.165) is 18.3 Å². The zero-order chi connectivity index (χ0) is 29.5. The van der Waals surface area contributed by atoms with Crippen molar-refractivity contribution in [3.8, 4) is 11.3 Å². The Morgan fingerprint density at radius 1 is 1.12 bits per heavy atom. The second kappa shape index (κ2) is 10.4. The number of morpholine rings is 1. The monoisotopic (exact) mass is 569 g/mol. The Morgan fingerprint density at radius 3 is 2.54 bits per heavy atom. The van der Waals surface area contributed by atoms with Crippen LogP contribution >= 0.6 is 0 Å². The molecule has 0 radical (unpaired) electrons. The van der Waals surface area contributed by atoms with E-state index in [9.17, 15) is 27.9 Å². The number of anilines is 2. The number of benzene rings is 1. The fraction of sp³-hybridized carbons (Fsp3) is 0.296. The minimum Gasteiger partial charge on any atom is -0.480 e. The predicted molar refractivity (Wildman–Crippen MR) is 142 cm³/mol. The van der Waals surface area contributed by atoms with Crippen LogP contribution in [0.1, 0.15) is 41.7 Å². The van der Waals surface area contributed by atoms with Gasteiger partial charge < -0.3 is 20.9 Å². The third-order valence-electron chi connectivity index (χ3n) is 7.03. The number of pyridine rings is 1. The molecule has 14 heteroatoms. The van der Waals surface area contributed by atoms with E-state index in [2.05, 4.69) is 15.3 Å². The van der Waals surface area contributed by atoms with E-state index in [0.29, 0.717) is 35.8 Å². The van der Waals surface area contributed by atoms with Gasteiger partial charge in [-0.05, 0) is 38.1 Å². The highest BCUT2D eigenvalue weighted by Crippen LogP contribution is 2.34. The van der Waals surface area contributed by atoms with Gasteiger partial charge in [-0.1, -0.05) is 12.1 Å². The van der Waals surface area contributed by atoms with Gasteiger partial charge in [0.05, 0.1) is 12.2 Å². The van der Waals surface area contributed by atoms with Crippen LogP contribution in [0.5, 0.6) is 0 Å². The Bertz CT molecular complexity index is 1620. The number of carboxylic acid groups (broad SMARTS) is 1. The molecule has 1 aromatic carbocycles. The Morgan fingerprint density at radius 2 is 1.85 bits per heavy atom. The topological polar surface area (TPSA) is 148 Å². The van der Waals surface area contributed by atoms with Crippen LogP contribution < -0.4 is 11.1 Å². The average Bonchev–Trinajstić information content (AvgIpc) is 3.34. The Labute approximate surface area is 231 Å². The fourth-order valence-electron chi connectivity index (χ4n) is 4.61. The minimum absolute atomic E-state index is 0.185. The van der Waals surface area contributed by atoms with E-state index < -0.39 is 35.3 Å². The maximum atomic E-state index is 13.0. The highest BCUT2D eigenvalue weighted by atomic mass is 19.4. The Hall–Kier alpha value is -4.56. The van der Waals surface area contributed by atoms with Gasteiger partial charge in [0.25, 0.3) is 5.91 Å². The molecule has 4 heterocycles. The molecule has 11 nitrogen and oxygen atoms in total. The first kappa shape index (κ1) is 28.0. The maximum absolute atomic E-state index is 13.0. The first-order valence-corrected chi connectivity index (χ1v) is 12.5. The third kappa shape index (κ3) is 5.43. The first-order valence-electron chi connectivity index (χ1n) is 12.5. The third-order valence-corrected chi connectivity index (χ3v) is 7.03. The molecule has 0 saturated carbocycles. The van der Waals surface area contributed by atoms with Crippen LogP contribution in [0.2, 0.25) is 0 Å². The van der Waals surface area contributed by atoms with E-state index in [4.69, 9.17) is 15.5 Å². The summed E-state index contributed by atoms with van der Waals surface area (Å²) in [4.78, 5) is 39.2. The van der Waals surface area contributed by atoms with Crippen LogP contribution in [0.25, 0.3) is 16.8 Å². The van der Waals surface area contributed by atoms with Crippen molar-refractivity contribution in [2.24, 2.45) is 0 Å². The van der Waals surface area contributed by atoms with Gasteiger partial charge in [-0.25, -0.2) is 15.0 Å². The number of aromatic nitrogens is 4. The summed E-state index contributed by atoms with van der Waals surface area (Å²) in [6, 6.07) is 7.85. The lowest BCUT2D eigenvalue weighted by Crippen LogP contribution is -2.55. The number of nitrogens with zero attached hydrogens (tertiary/aromatic N) is 5. The first-order chi connectivity index (χ1) is 19.4. The molecule has 0 spiro atoms. The molecule has 0 bridgehead atoms. The van der Waals surface area contributed by atoms with E-state index in [1.807, 2.05) is 4.90 Å². The number of aliphatic carboxylic acids is 1. The smallest absolute Gasteiger partial charge is 0.416 e. The molecule has 1 aliphatic rings. The van der Waals surface area contributed by atoms with Crippen molar-refractivity contribution in [2.45, 2.75) is 31.7 Å². The number of ether oxygens (including phenoxy) is 1. The van der Waals surface area contributed by atoms with Crippen LogP contribution in [0, 0.1) is 0 Å². The molecule has 1 aliphatic heterocycles. The summed E-state index contributed by atoms with van der Waals surface area (Å²) >= 11 is 0. The predicted octanol–water partition coefficient (Wildman–Crippen LogP) is 3.88. The molecule has 41 heavy (non-hydrogen) atoms. The number of nitrogens with one attached hydrogen (secondary N) is 1. The lowest BCUT2D eigenvalue weighted by Gasteiger charge is -2.40. The van der Waals surface area contributed by atoms with Gasteiger partial charge >= 0.3 is 12.1 Å². The molecule has 1 atom stereocenters. The van der Waals surface area contributed by atoms with E-state index >= 15 is 0 Å². The van der Waals surface area contributed by atoms with Crippen LogP contribution in [-0.2, 0) is 15.7 Å². The highest BCUT2D eigenvalue weighted by Gasteiger charge is 2.39. The van der Waals surface area contributed by atoms with Gasteiger partial charge in [-0.3, -0.25) is 18.9 Å². The summed E-state index contributed by atoms with van der Waals surface area (Å²) in [5.74, 6) is -1.11. The number of nitrogen functional groups attached to an aromatic ring is 1. The summed E-state index contributed by atoms with van der Waals surface area (Å²) < 4.78 is 46.7. The van der Waals surface area contributed by atoms with Crippen LogP contribution in [0.15, 0.2) is 55.0 Å². The quantitative estimate of drug-likeness (QED) is 0.315. The number of carbonyl (C=O) groups is 2. The molecule has 5 rings (SSSR count). The number of amides is 1. The highest BCUT2D eigenvalue weighted by molar-refractivity contribution is 6.04. The number of alkyl halides is 3. The molecule has 1 fully saturated rings. The molecule has 3 aromatic heterocycles. The van der Waals surface area contributed by atoms with Gasteiger partial charge in [0.2, 0.25) is 0 Å². The van der Waals surface area contributed by atoms with Crippen molar-refractivity contribution in [2.75, 3.05) is 30.7 Å². The van der Waals surface area contributed by atoms with E-state index in [1.165, 1.54) is 18.3 Å². The lowest BCUT2D eigenvalue weighted by atomic mass is 10.0. The minimum atomic E-state index is -4.57. The van der Waals surface area contributed by atoms with Crippen LogP contribution in [0.3, 0.4) is 0 Å². The van der Waals surface area contributed by atoms with Crippen molar-refractivity contribution in [1.82, 2.24) is 24.3 Å². The molecule has 1 amide bonds. The van der Waals surface area contributed by atoms with Crippen molar-refractivity contribution in [1.29, 1.82) is 0 Å². The molecule has 0 aliphatic carbocycles. The molecule has 4 aromatic rings. The van der Waals surface area contributed by atoms with Crippen molar-refractivity contribution < 1.29 is 32.6 Å². The zero-order valence-electron chi connectivity index (χ0n) is 22.0.